The Bertz CT molecular complexity index is 1110. The minimum atomic E-state index is -0.480. The Balaban J connectivity index is 1.25. The molecule has 3 aliphatic rings. The molecule has 41 heavy (non-hydrogen) atoms. The van der Waals surface area contributed by atoms with Crippen molar-refractivity contribution in [3.8, 4) is 0 Å². The summed E-state index contributed by atoms with van der Waals surface area (Å²) in [7, 11) is 0. The van der Waals surface area contributed by atoms with Crippen molar-refractivity contribution in [1.29, 1.82) is 0 Å². The third-order valence-electron chi connectivity index (χ3n) is 9.81. The second-order valence-corrected chi connectivity index (χ2v) is 12.9. The van der Waals surface area contributed by atoms with Crippen molar-refractivity contribution in [1.82, 2.24) is 30.3 Å². The molecule has 2 aliphatic carbocycles. The lowest BCUT2D eigenvalue weighted by Gasteiger charge is -2.48. The first-order valence-electron chi connectivity index (χ1n) is 15.5. The first-order valence-corrected chi connectivity index (χ1v) is 15.8. The monoisotopic (exact) mass is 584 g/mol. The molecule has 3 N–H and O–H groups in total. The summed E-state index contributed by atoms with van der Waals surface area (Å²) in [4.78, 5) is 32.0. The molecule has 9 nitrogen and oxygen atoms in total. The fourth-order valence-electron chi connectivity index (χ4n) is 7.48. The zero-order chi connectivity index (χ0) is 28.7. The lowest BCUT2D eigenvalue weighted by atomic mass is 9.63. The third kappa shape index (κ3) is 7.87. The lowest BCUT2D eigenvalue weighted by Crippen LogP contribution is -2.56. The predicted molar refractivity (Wildman–Crippen MR) is 158 cm³/mol. The van der Waals surface area contributed by atoms with E-state index in [2.05, 4.69) is 25.6 Å². The van der Waals surface area contributed by atoms with Gasteiger partial charge in [0, 0.05) is 36.7 Å². The number of rotatable bonds is 10. The number of carbonyl (C=O) groups is 2. The van der Waals surface area contributed by atoms with Gasteiger partial charge in [0.1, 0.15) is 19.3 Å². The number of piperidine rings is 1. The number of halogens is 1. The van der Waals surface area contributed by atoms with E-state index in [0.717, 1.165) is 63.7 Å². The van der Waals surface area contributed by atoms with E-state index < -0.39 is 6.61 Å². The molecule has 1 aromatic heterocycles. The zero-order valence-electron chi connectivity index (χ0n) is 24.0. The molecule has 2 aromatic rings. The number of aromatic nitrogens is 3. The molecule has 2 heterocycles. The van der Waals surface area contributed by atoms with Crippen LogP contribution in [0.15, 0.2) is 36.9 Å². The Kier molecular flexibility index (Phi) is 10.3. The fourth-order valence-corrected chi connectivity index (χ4v) is 7.60. The second-order valence-electron chi connectivity index (χ2n) is 12.4. The van der Waals surface area contributed by atoms with E-state index in [9.17, 15) is 9.59 Å². The molecule has 1 saturated heterocycles. The third-order valence-corrected chi connectivity index (χ3v) is 10.1. The number of hydrogen-bond donors (Lipinski definition) is 3. The quantitative estimate of drug-likeness (QED) is 0.392. The summed E-state index contributed by atoms with van der Waals surface area (Å²) in [6.45, 7) is 1.93. The molecule has 0 spiro atoms. The van der Waals surface area contributed by atoms with Gasteiger partial charge in [0.2, 0.25) is 11.8 Å². The van der Waals surface area contributed by atoms with E-state index in [0.29, 0.717) is 17.4 Å². The highest BCUT2D eigenvalue weighted by Crippen LogP contribution is 2.47. The smallest absolute Gasteiger partial charge is 0.245 e. The molecular formula is C31H45ClN6O3. The van der Waals surface area contributed by atoms with E-state index >= 15 is 0 Å². The van der Waals surface area contributed by atoms with Gasteiger partial charge in [-0.1, -0.05) is 43.0 Å². The number of nitrogens with one attached hydrogen (secondary N) is 2. The second kappa shape index (κ2) is 14.1. The minimum Gasteiger partial charge on any atom is -0.387 e. The van der Waals surface area contributed by atoms with Gasteiger partial charge < -0.3 is 20.6 Å². The van der Waals surface area contributed by atoms with E-state index in [4.69, 9.17) is 16.7 Å². The van der Waals surface area contributed by atoms with Crippen LogP contribution < -0.4 is 10.6 Å². The maximum absolute atomic E-state index is 14.1. The SMILES string of the molecule is O=C(CO)N[C@H]1CC[C@@H](N[C@H](Cc2ccc(Cl)cc2)C(=O)N2CCC(Cn3cncn3)(C3CCCCC3)CC2)CC1. The van der Waals surface area contributed by atoms with Gasteiger partial charge in [0.05, 0.1) is 6.04 Å². The van der Waals surface area contributed by atoms with Crippen molar-refractivity contribution in [3.63, 3.8) is 0 Å². The van der Waals surface area contributed by atoms with Gasteiger partial charge in [0.15, 0.2) is 0 Å². The standard InChI is InChI=1S/C31H45ClN6O3/c32-25-8-6-23(7-9-25)18-28(35-26-10-12-27(13-11-26)36-29(40)19-39)30(41)37-16-14-31(15-17-37,20-38-22-33-21-34-38)24-4-2-1-3-5-24/h6-9,21-22,24,26-28,35,39H,1-5,10-20H2,(H,36,40)/t26-,27+,28-/m1/s1. The molecule has 1 aromatic carbocycles. The van der Waals surface area contributed by atoms with Gasteiger partial charge >= 0.3 is 0 Å². The summed E-state index contributed by atoms with van der Waals surface area (Å²) in [6, 6.07) is 7.76. The normalized spacial score (nSPS) is 24.1. The number of likely N-dealkylation sites (tertiary alicyclic amines) is 1. The first kappa shape index (κ1) is 30.0. The zero-order valence-corrected chi connectivity index (χ0v) is 24.8. The fraction of sp³-hybridized carbons (Fsp3) is 0.677. The number of aliphatic hydroxyl groups excluding tert-OH is 1. The largest absolute Gasteiger partial charge is 0.387 e. The summed E-state index contributed by atoms with van der Waals surface area (Å²) >= 11 is 6.14. The van der Waals surface area contributed by atoms with E-state index in [1.54, 1.807) is 6.33 Å². The van der Waals surface area contributed by atoms with Crippen LogP contribution in [0.3, 0.4) is 0 Å². The maximum atomic E-state index is 14.1. The van der Waals surface area contributed by atoms with Crippen LogP contribution in [-0.4, -0.2) is 74.4 Å². The van der Waals surface area contributed by atoms with Crippen molar-refractivity contribution in [2.24, 2.45) is 11.3 Å². The molecule has 1 atom stereocenters. The number of aliphatic hydroxyl groups is 1. The molecule has 5 rings (SSSR count). The Labute approximate surface area is 248 Å². The minimum absolute atomic E-state index is 0.0816. The molecule has 0 radical (unpaired) electrons. The van der Waals surface area contributed by atoms with Gasteiger partial charge in [-0.2, -0.15) is 5.10 Å². The van der Waals surface area contributed by atoms with Gasteiger partial charge in [-0.25, -0.2) is 4.98 Å². The van der Waals surface area contributed by atoms with Crippen molar-refractivity contribution < 1.29 is 14.7 Å². The average molecular weight is 585 g/mol. The molecule has 0 unspecified atom stereocenters. The molecule has 0 bridgehead atoms. The summed E-state index contributed by atoms with van der Waals surface area (Å²) in [5.41, 5.74) is 1.24. The van der Waals surface area contributed by atoms with Gasteiger partial charge in [-0.05, 0) is 86.8 Å². The van der Waals surface area contributed by atoms with Crippen molar-refractivity contribution in [2.45, 2.75) is 102 Å². The number of benzene rings is 1. The average Bonchev–Trinajstić information content (AvgIpc) is 3.52. The van der Waals surface area contributed by atoms with Crippen LogP contribution in [0.5, 0.6) is 0 Å². The van der Waals surface area contributed by atoms with Gasteiger partial charge in [-0.3, -0.25) is 14.3 Å². The topological polar surface area (TPSA) is 112 Å². The highest BCUT2D eigenvalue weighted by molar-refractivity contribution is 6.30. The highest BCUT2D eigenvalue weighted by atomic mass is 35.5. The molecular weight excluding hydrogens is 540 g/mol. The van der Waals surface area contributed by atoms with Crippen LogP contribution in [0, 0.1) is 11.3 Å². The molecule has 2 saturated carbocycles. The molecule has 2 amide bonds. The van der Waals surface area contributed by atoms with E-state index in [1.165, 1.54) is 32.1 Å². The summed E-state index contributed by atoms with van der Waals surface area (Å²) in [6.07, 6.45) is 15.9. The maximum Gasteiger partial charge on any atom is 0.245 e. The van der Waals surface area contributed by atoms with Gasteiger partial charge in [0.25, 0.3) is 0 Å². The Hall–Kier alpha value is -2.49. The van der Waals surface area contributed by atoms with Crippen LogP contribution in [0.2, 0.25) is 5.02 Å². The van der Waals surface area contributed by atoms with E-state index in [1.807, 2.05) is 35.3 Å². The van der Waals surface area contributed by atoms with Gasteiger partial charge in [-0.15, -0.1) is 0 Å². The Morgan fingerprint density at radius 2 is 1.68 bits per heavy atom. The lowest BCUT2D eigenvalue weighted by molar-refractivity contribution is -0.137. The molecule has 224 valence electrons. The van der Waals surface area contributed by atoms with Crippen molar-refractivity contribution in [3.05, 3.63) is 47.5 Å². The molecule has 1 aliphatic heterocycles. The summed E-state index contributed by atoms with van der Waals surface area (Å²) < 4.78 is 2.00. The van der Waals surface area contributed by atoms with Crippen LogP contribution in [0.25, 0.3) is 0 Å². The Morgan fingerprint density at radius 3 is 2.32 bits per heavy atom. The number of carbonyl (C=O) groups excluding carboxylic acids is 2. The first-order chi connectivity index (χ1) is 19.9. The summed E-state index contributed by atoms with van der Waals surface area (Å²) in [5.74, 6) is 0.520. The van der Waals surface area contributed by atoms with Crippen LogP contribution in [0.1, 0.15) is 76.2 Å². The van der Waals surface area contributed by atoms with Crippen LogP contribution >= 0.6 is 11.6 Å². The van der Waals surface area contributed by atoms with Crippen molar-refractivity contribution >= 4 is 23.4 Å². The highest BCUT2D eigenvalue weighted by Gasteiger charge is 2.44. The molecule has 10 heteroatoms. The van der Waals surface area contributed by atoms with E-state index in [-0.39, 0.29) is 35.4 Å². The Morgan fingerprint density at radius 1 is 1.00 bits per heavy atom. The number of hydrogen-bond acceptors (Lipinski definition) is 6. The summed E-state index contributed by atoms with van der Waals surface area (Å²) in [5, 5.41) is 20.8. The number of amides is 2. The predicted octanol–water partition coefficient (Wildman–Crippen LogP) is 3.74. The molecule has 3 fully saturated rings. The van der Waals surface area contributed by atoms with Crippen LogP contribution in [0.4, 0.5) is 0 Å². The van der Waals surface area contributed by atoms with Crippen LogP contribution in [-0.2, 0) is 22.6 Å². The van der Waals surface area contributed by atoms with Crippen molar-refractivity contribution in [2.75, 3.05) is 19.7 Å². The number of nitrogens with zero attached hydrogens (tertiary/aromatic N) is 4.